The van der Waals surface area contributed by atoms with Crippen LogP contribution >= 0.6 is 0 Å². The number of esters is 4. The second kappa shape index (κ2) is 13.4. The zero-order valence-electron chi connectivity index (χ0n) is 21.0. The summed E-state index contributed by atoms with van der Waals surface area (Å²) in [5.74, 6) is -2.67. The predicted molar refractivity (Wildman–Crippen MR) is 124 cm³/mol. The van der Waals surface area contributed by atoms with Crippen LogP contribution in [0.25, 0.3) is 0 Å². The fraction of sp³-hybridized carbons (Fsp3) is 0.652. The van der Waals surface area contributed by atoms with Crippen LogP contribution in [0.3, 0.4) is 0 Å². The zero-order chi connectivity index (χ0) is 26.1. The summed E-state index contributed by atoms with van der Waals surface area (Å²) in [6.07, 6.45) is -2.12. The maximum atomic E-state index is 11.8. The van der Waals surface area contributed by atoms with E-state index in [1.165, 1.54) is 13.8 Å². The van der Waals surface area contributed by atoms with Crippen LogP contribution < -0.4 is 0 Å². The number of carbonyl (C=O) groups excluding carboxylic acids is 4. The van der Waals surface area contributed by atoms with Crippen LogP contribution in [0.4, 0.5) is 0 Å². The molecule has 0 aliphatic carbocycles. The maximum Gasteiger partial charge on any atom is 0.303 e. The molecule has 1 aliphatic heterocycles. The Morgan fingerprint density at radius 3 is 1.88 bits per heavy atom. The molecule has 0 aromatic heterocycles. The predicted octanol–water partition coefficient (Wildman–Crippen LogP) is 2.54. The molecule has 0 aromatic carbocycles. The van der Waals surface area contributed by atoms with Crippen LogP contribution in [0.15, 0.2) is 24.3 Å². The van der Waals surface area contributed by atoms with Crippen molar-refractivity contribution in [3.05, 3.63) is 24.3 Å². The van der Waals surface area contributed by atoms with E-state index >= 15 is 0 Å². The second-order valence-corrected chi connectivity index (χ2v) is 14.7. The van der Waals surface area contributed by atoms with Gasteiger partial charge < -0.3 is 28.4 Å². The highest BCUT2D eigenvalue weighted by molar-refractivity contribution is 6.76. The Kier molecular flexibility index (Phi) is 11.6. The fourth-order valence-electron chi connectivity index (χ4n) is 3.14. The minimum Gasteiger partial charge on any atom is -0.463 e. The Balaban J connectivity index is 3.17. The van der Waals surface area contributed by atoms with Gasteiger partial charge in [0.15, 0.2) is 24.6 Å². The standard InChI is InChI=1S/C23H36O10Si/c1-14(10-9-11-34(6,7)8)12-29-23-22(32-18(5)27)21(31-17(4)26)20(30-16(3)25)19(33-23)13-28-15(2)24/h9-10,19-23H,1,11-13H2,2-8H3/b10-9+/t19-,20-,21+,22-,23-/m1/s1. The largest absolute Gasteiger partial charge is 0.463 e. The van der Waals surface area contributed by atoms with Crippen LogP contribution in [-0.4, -0.2) is 75.9 Å². The fourth-order valence-corrected chi connectivity index (χ4v) is 3.96. The highest BCUT2D eigenvalue weighted by atomic mass is 28.3. The summed E-state index contributed by atoms with van der Waals surface area (Å²) in [6, 6.07) is 0.963. The zero-order valence-corrected chi connectivity index (χ0v) is 22.0. The van der Waals surface area contributed by atoms with Gasteiger partial charge in [-0.2, -0.15) is 0 Å². The number of rotatable bonds is 11. The third kappa shape index (κ3) is 11.1. The van der Waals surface area contributed by atoms with E-state index < -0.39 is 62.7 Å². The Morgan fingerprint density at radius 1 is 0.853 bits per heavy atom. The molecule has 0 radical (unpaired) electrons. The highest BCUT2D eigenvalue weighted by Gasteiger charge is 2.52. The summed E-state index contributed by atoms with van der Waals surface area (Å²) in [5, 5.41) is 0. The molecule has 11 heteroatoms. The second-order valence-electron chi connectivity index (χ2n) is 9.20. The molecule has 1 rings (SSSR count). The van der Waals surface area contributed by atoms with Crippen LogP contribution in [-0.2, 0) is 47.6 Å². The van der Waals surface area contributed by atoms with E-state index in [1.54, 1.807) is 0 Å². The summed E-state index contributed by atoms with van der Waals surface area (Å²) >= 11 is 0. The number of carbonyl (C=O) groups is 4. The number of hydrogen-bond donors (Lipinski definition) is 0. The molecule has 192 valence electrons. The molecular formula is C23H36O10Si. The molecule has 0 amide bonds. The molecule has 0 bridgehead atoms. The van der Waals surface area contributed by atoms with E-state index in [2.05, 4.69) is 26.2 Å². The van der Waals surface area contributed by atoms with Crippen molar-refractivity contribution in [3.8, 4) is 0 Å². The number of hydrogen-bond acceptors (Lipinski definition) is 10. The van der Waals surface area contributed by atoms with Gasteiger partial charge in [-0.25, -0.2) is 0 Å². The molecular weight excluding hydrogens is 464 g/mol. The molecule has 5 atom stereocenters. The first kappa shape index (κ1) is 29.5. The van der Waals surface area contributed by atoms with E-state index in [-0.39, 0.29) is 13.2 Å². The van der Waals surface area contributed by atoms with Crippen LogP contribution in [0.5, 0.6) is 0 Å². The van der Waals surface area contributed by atoms with Crippen molar-refractivity contribution in [3.63, 3.8) is 0 Å². The number of ether oxygens (including phenoxy) is 6. The summed E-state index contributed by atoms with van der Waals surface area (Å²) in [6.45, 7) is 15.1. The third-order valence-corrected chi connectivity index (χ3v) is 5.93. The third-order valence-electron chi connectivity index (χ3n) is 4.46. The molecule has 1 saturated heterocycles. The Hall–Kier alpha value is -2.50. The average Bonchev–Trinajstić information content (AvgIpc) is 2.66. The van der Waals surface area contributed by atoms with Crippen molar-refractivity contribution in [2.24, 2.45) is 0 Å². The molecule has 0 unspecified atom stereocenters. The molecule has 0 saturated carbocycles. The lowest BCUT2D eigenvalue weighted by molar-refractivity contribution is -0.306. The summed E-state index contributed by atoms with van der Waals surface area (Å²) < 4.78 is 32.8. The van der Waals surface area contributed by atoms with Crippen molar-refractivity contribution in [1.82, 2.24) is 0 Å². The van der Waals surface area contributed by atoms with Gasteiger partial charge in [0.25, 0.3) is 0 Å². The Bertz CT molecular complexity index is 785. The monoisotopic (exact) mass is 500 g/mol. The number of allylic oxidation sites excluding steroid dienone is 1. The van der Waals surface area contributed by atoms with Crippen LogP contribution in [0, 0.1) is 0 Å². The Morgan fingerprint density at radius 2 is 1.38 bits per heavy atom. The molecule has 1 heterocycles. The van der Waals surface area contributed by atoms with Crippen molar-refractivity contribution in [1.29, 1.82) is 0 Å². The molecule has 10 nitrogen and oxygen atoms in total. The van der Waals surface area contributed by atoms with Gasteiger partial charge in [0.2, 0.25) is 0 Å². The van der Waals surface area contributed by atoms with Gasteiger partial charge in [0.1, 0.15) is 12.7 Å². The first-order valence-electron chi connectivity index (χ1n) is 11.0. The quantitative estimate of drug-likeness (QED) is 0.181. The highest BCUT2D eigenvalue weighted by Crippen LogP contribution is 2.30. The van der Waals surface area contributed by atoms with Gasteiger partial charge in [-0.3, -0.25) is 19.2 Å². The molecule has 1 aliphatic rings. The summed E-state index contributed by atoms with van der Waals surface area (Å²) in [7, 11) is -1.26. The topological polar surface area (TPSA) is 124 Å². The van der Waals surface area contributed by atoms with E-state index in [4.69, 9.17) is 28.4 Å². The minimum absolute atomic E-state index is 0.0237. The van der Waals surface area contributed by atoms with Gasteiger partial charge >= 0.3 is 23.9 Å². The molecule has 34 heavy (non-hydrogen) atoms. The first-order chi connectivity index (χ1) is 15.7. The van der Waals surface area contributed by atoms with E-state index in [0.717, 1.165) is 19.9 Å². The lowest BCUT2D eigenvalue weighted by Gasteiger charge is -2.44. The van der Waals surface area contributed by atoms with E-state index in [9.17, 15) is 19.2 Å². The van der Waals surface area contributed by atoms with E-state index in [0.29, 0.717) is 5.57 Å². The smallest absolute Gasteiger partial charge is 0.303 e. The minimum atomic E-state index is -1.26. The van der Waals surface area contributed by atoms with Gasteiger partial charge in [0.05, 0.1) is 6.61 Å². The average molecular weight is 501 g/mol. The van der Waals surface area contributed by atoms with Gasteiger partial charge in [0, 0.05) is 35.8 Å². The normalized spacial score (nSPS) is 24.9. The maximum absolute atomic E-state index is 11.8. The lowest BCUT2D eigenvalue weighted by atomic mass is 9.98. The molecule has 0 aromatic rings. The molecule has 0 spiro atoms. The van der Waals surface area contributed by atoms with Gasteiger partial charge in [-0.1, -0.05) is 38.4 Å². The van der Waals surface area contributed by atoms with Crippen LogP contribution in [0.2, 0.25) is 25.7 Å². The van der Waals surface area contributed by atoms with Crippen molar-refractivity contribution in [2.75, 3.05) is 13.2 Å². The lowest BCUT2D eigenvalue weighted by Crippen LogP contribution is -2.63. The van der Waals surface area contributed by atoms with Crippen molar-refractivity contribution >= 4 is 32.0 Å². The summed E-state index contributed by atoms with van der Waals surface area (Å²) in [5.41, 5.74) is 0.645. The summed E-state index contributed by atoms with van der Waals surface area (Å²) in [4.78, 5) is 46.7. The molecule has 0 N–H and O–H groups in total. The SMILES string of the molecule is C=C(/C=C/C[Si](C)(C)C)CO[C@@H]1O[C@H](COC(C)=O)[C@@H](OC(C)=O)[C@H](OC(C)=O)[C@H]1OC(C)=O. The van der Waals surface area contributed by atoms with Gasteiger partial charge in [-0.15, -0.1) is 0 Å². The first-order valence-corrected chi connectivity index (χ1v) is 14.7. The molecule has 1 fully saturated rings. The van der Waals surface area contributed by atoms with Crippen LogP contribution in [0.1, 0.15) is 27.7 Å². The van der Waals surface area contributed by atoms with Crippen molar-refractivity contribution < 1.29 is 47.6 Å². The van der Waals surface area contributed by atoms with Crippen molar-refractivity contribution in [2.45, 2.75) is 84.1 Å². The van der Waals surface area contributed by atoms with E-state index in [1.807, 2.05) is 12.2 Å². The van der Waals surface area contributed by atoms with Gasteiger partial charge in [-0.05, 0) is 11.6 Å². The Labute approximate surface area is 201 Å².